The first-order chi connectivity index (χ1) is 28.8. The molecule has 0 radical (unpaired) electrons. The second kappa shape index (κ2) is 18.4. The molecule has 0 aliphatic rings. The van der Waals surface area contributed by atoms with Gasteiger partial charge in [-0.05, 0) is 85.9 Å². The minimum Gasteiger partial charge on any atom is -0.507 e. The van der Waals surface area contributed by atoms with Gasteiger partial charge in [0.25, 0.3) is 0 Å². The van der Waals surface area contributed by atoms with Crippen molar-refractivity contribution >= 4 is 13.3 Å². The normalized spacial score (nSPS) is 12.2. The molecule has 0 fully saturated rings. The number of hydrogen-bond acceptors (Lipinski definition) is 3. The molecular formula is C57H63N2OPtSi-. The Balaban J connectivity index is 0.00000641. The van der Waals surface area contributed by atoms with Crippen molar-refractivity contribution in [1.29, 1.82) is 0 Å². The summed E-state index contributed by atoms with van der Waals surface area (Å²) in [6.07, 6.45) is 1.90. The first-order valence-electron chi connectivity index (χ1n) is 22.0. The Bertz CT molecular complexity index is 2640. The van der Waals surface area contributed by atoms with E-state index in [1.807, 2.05) is 6.20 Å². The van der Waals surface area contributed by atoms with E-state index in [1.165, 1.54) is 33.0 Å². The second-order valence-corrected chi connectivity index (χ2v) is 24.9. The average molecular weight is 1020 g/mol. The van der Waals surface area contributed by atoms with Crippen LogP contribution in [0.2, 0.25) is 13.1 Å². The average Bonchev–Trinajstić information content (AvgIpc) is 3.23. The molecule has 5 aromatic carbocycles. The van der Waals surface area contributed by atoms with Gasteiger partial charge in [0.05, 0.1) is 13.8 Å². The third-order valence-corrected chi connectivity index (χ3v) is 15.3. The maximum absolute atomic E-state index is 12.1. The minimum absolute atomic E-state index is 0. The van der Waals surface area contributed by atoms with Gasteiger partial charge in [0.2, 0.25) is 0 Å². The van der Waals surface area contributed by atoms with E-state index in [2.05, 4.69) is 216 Å². The molecule has 5 heteroatoms. The molecule has 0 amide bonds. The first-order valence-corrected chi connectivity index (χ1v) is 25.2. The Morgan fingerprint density at radius 2 is 1.18 bits per heavy atom. The van der Waals surface area contributed by atoms with Gasteiger partial charge in [-0.1, -0.05) is 195 Å². The van der Waals surface area contributed by atoms with Gasteiger partial charge in [-0.25, -0.2) is 0 Å². The van der Waals surface area contributed by atoms with Crippen molar-refractivity contribution in [2.75, 3.05) is 0 Å². The van der Waals surface area contributed by atoms with Crippen molar-refractivity contribution in [3.63, 3.8) is 0 Å². The van der Waals surface area contributed by atoms with Crippen LogP contribution >= 0.6 is 0 Å². The molecule has 0 aliphatic heterocycles. The van der Waals surface area contributed by atoms with Crippen LogP contribution in [0.15, 0.2) is 134 Å². The standard InChI is InChI=1S/C57H63N2OSi.Pt/c1-37(2)47-22-17-23-48(38(3)4)54(47)44-32-52(59-53(33-44)49-34-45(56(5,6)7)35-50(55(49)60)57(8,9)10)43-19-16-18-42(30-43)51-31-41(28-29-58-51)40-26-24-39(25-27-40)36-61(11,12)46-20-14-13-15-21-46;/h13-29,31-35,37-38,60H,36H2,1-12H3;/q-1;. The summed E-state index contributed by atoms with van der Waals surface area (Å²) < 4.78 is 0. The molecule has 0 saturated heterocycles. The van der Waals surface area contributed by atoms with Gasteiger partial charge >= 0.3 is 0 Å². The Morgan fingerprint density at radius 3 is 1.77 bits per heavy atom. The summed E-state index contributed by atoms with van der Waals surface area (Å²) in [5.74, 6) is 0.906. The number of rotatable bonds is 10. The summed E-state index contributed by atoms with van der Waals surface area (Å²) in [7, 11) is -1.62. The van der Waals surface area contributed by atoms with Crippen LogP contribution in [0.5, 0.6) is 5.75 Å². The summed E-state index contributed by atoms with van der Waals surface area (Å²) in [4.78, 5) is 10.3. The molecule has 0 unspecified atom stereocenters. The van der Waals surface area contributed by atoms with Crippen molar-refractivity contribution in [2.45, 2.75) is 111 Å². The zero-order chi connectivity index (χ0) is 43.9. The first kappa shape index (κ1) is 46.6. The fourth-order valence-corrected chi connectivity index (χ4v) is 11.1. The number of aromatic hydroxyl groups is 1. The number of pyridine rings is 2. The van der Waals surface area contributed by atoms with Crippen molar-refractivity contribution in [3.05, 3.63) is 167 Å². The van der Waals surface area contributed by atoms with Crippen LogP contribution in [0.4, 0.5) is 0 Å². The van der Waals surface area contributed by atoms with Gasteiger partial charge in [0.1, 0.15) is 5.75 Å². The van der Waals surface area contributed by atoms with E-state index in [-0.39, 0.29) is 37.6 Å². The summed E-state index contributed by atoms with van der Waals surface area (Å²) in [5, 5.41) is 13.6. The van der Waals surface area contributed by atoms with Gasteiger partial charge in [-0.2, -0.15) is 0 Å². The fourth-order valence-electron chi connectivity index (χ4n) is 8.51. The van der Waals surface area contributed by atoms with Crippen LogP contribution in [-0.4, -0.2) is 23.1 Å². The zero-order valence-corrected chi connectivity index (χ0v) is 42.0. The predicted molar refractivity (Wildman–Crippen MR) is 263 cm³/mol. The molecule has 0 bridgehead atoms. The van der Waals surface area contributed by atoms with Gasteiger partial charge in [-0.3, -0.25) is 9.97 Å². The second-order valence-electron chi connectivity index (χ2n) is 20.2. The van der Waals surface area contributed by atoms with Crippen LogP contribution in [-0.2, 0) is 37.9 Å². The molecule has 0 atom stereocenters. The van der Waals surface area contributed by atoms with E-state index in [4.69, 9.17) is 9.97 Å². The van der Waals surface area contributed by atoms with Crippen molar-refractivity contribution in [3.8, 4) is 61.8 Å². The number of hydrogen-bond donors (Lipinski definition) is 1. The Morgan fingerprint density at radius 1 is 0.597 bits per heavy atom. The molecule has 322 valence electrons. The van der Waals surface area contributed by atoms with Crippen LogP contribution < -0.4 is 5.19 Å². The molecule has 7 aromatic rings. The van der Waals surface area contributed by atoms with Gasteiger partial charge in [-0.15, -0.1) is 24.3 Å². The Labute approximate surface area is 387 Å². The molecule has 7 rings (SSSR count). The van der Waals surface area contributed by atoms with E-state index in [0.717, 1.165) is 62.1 Å². The number of nitrogens with zero attached hydrogens (tertiary/aromatic N) is 2. The van der Waals surface area contributed by atoms with Gasteiger partial charge < -0.3 is 5.11 Å². The Kier molecular flexibility index (Phi) is 13.9. The number of phenols is 1. The monoisotopic (exact) mass is 1010 g/mol. The molecule has 3 nitrogen and oxygen atoms in total. The van der Waals surface area contributed by atoms with Crippen LogP contribution in [0, 0.1) is 6.07 Å². The molecular weight excluding hydrogens is 952 g/mol. The molecule has 2 aromatic heterocycles. The molecule has 0 aliphatic carbocycles. The number of benzene rings is 5. The molecule has 1 N–H and O–H groups in total. The molecule has 0 saturated carbocycles. The van der Waals surface area contributed by atoms with Crippen molar-refractivity contribution in [1.82, 2.24) is 9.97 Å². The fraction of sp³-hybridized carbons (Fsp3) is 0.298. The van der Waals surface area contributed by atoms with E-state index in [0.29, 0.717) is 11.8 Å². The SMILES string of the molecule is CC(C)c1cccc(C(C)C)c1-c1cc(-c2[c-]c(-c3cc(-c4ccc(C[Si](C)(C)c5ccccc5)cc4)ccn3)ccc2)nc(-c2cc(C(C)(C)C)cc(C(C)(C)C)c2O)c1.[Pt]. The summed E-state index contributed by atoms with van der Waals surface area (Å²) in [6.45, 7) is 27.1. The molecule has 0 spiro atoms. The van der Waals surface area contributed by atoms with E-state index in [9.17, 15) is 5.11 Å². The number of phenolic OH excluding ortho intramolecular Hbond substituents is 1. The van der Waals surface area contributed by atoms with Crippen molar-refractivity contribution in [2.24, 2.45) is 0 Å². The number of aromatic nitrogens is 2. The third kappa shape index (κ3) is 10.1. The maximum atomic E-state index is 12.1. The van der Waals surface area contributed by atoms with E-state index < -0.39 is 8.07 Å². The summed E-state index contributed by atoms with van der Waals surface area (Å²) >= 11 is 0. The smallest absolute Gasteiger partial charge is 0.128 e. The van der Waals surface area contributed by atoms with Gasteiger partial charge in [0.15, 0.2) is 0 Å². The van der Waals surface area contributed by atoms with Gasteiger partial charge in [0, 0.05) is 49.8 Å². The van der Waals surface area contributed by atoms with Crippen LogP contribution in [0.1, 0.15) is 109 Å². The maximum Gasteiger partial charge on any atom is 0.128 e. The topological polar surface area (TPSA) is 46.0 Å². The van der Waals surface area contributed by atoms with Crippen LogP contribution in [0.3, 0.4) is 0 Å². The Hall–Kier alpha value is -4.89. The predicted octanol–water partition coefficient (Wildman–Crippen LogP) is 14.9. The summed E-state index contributed by atoms with van der Waals surface area (Å²) in [5.41, 5.74) is 15.2. The quantitative estimate of drug-likeness (QED) is 0.110. The summed E-state index contributed by atoms with van der Waals surface area (Å²) in [6, 6.07) is 50.8. The molecule has 62 heavy (non-hydrogen) atoms. The zero-order valence-electron chi connectivity index (χ0n) is 38.7. The largest absolute Gasteiger partial charge is 0.507 e. The van der Waals surface area contributed by atoms with Crippen LogP contribution in [0.25, 0.3) is 56.0 Å². The molecule has 2 heterocycles. The van der Waals surface area contributed by atoms with E-state index >= 15 is 0 Å². The minimum atomic E-state index is -1.62. The van der Waals surface area contributed by atoms with E-state index in [1.54, 1.807) is 0 Å². The van der Waals surface area contributed by atoms with Crippen molar-refractivity contribution < 1.29 is 26.2 Å². The third-order valence-electron chi connectivity index (χ3n) is 12.1.